The Morgan fingerprint density at radius 3 is 2.53 bits per heavy atom. The molecule has 0 atom stereocenters. The van der Waals surface area contributed by atoms with E-state index in [0.29, 0.717) is 28.4 Å². The molecule has 10 heteroatoms. The number of H-pyrrole nitrogens is 1. The van der Waals surface area contributed by atoms with Crippen LogP contribution >= 0.6 is 23.4 Å². The first-order chi connectivity index (χ1) is 15.3. The van der Waals surface area contributed by atoms with Gasteiger partial charge in [0.2, 0.25) is 11.8 Å². The van der Waals surface area contributed by atoms with Crippen molar-refractivity contribution in [2.75, 3.05) is 16.4 Å². The first kappa shape index (κ1) is 23.5. The number of halogens is 1. The van der Waals surface area contributed by atoms with E-state index in [4.69, 9.17) is 11.6 Å². The second kappa shape index (κ2) is 10.4. The molecule has 0 radical (unpaired) electrons. The van der Waals surface area contributed by atoms with E-state index in [2.05, 4.69) is 25.8 Å². The molecule has 0 aliphatic rings. The number of amides is 2. The molecule has 1 heterocycles. The highest BCUT2D eigenvalue weighted by Crippen LogP contribution is 2.26. The molecule has 8 nitrogen and oxygen atoms in total. The lowest BCUT2D eigenvalue weighted by atomic mass is 10.1. The number of rotatable bonds is 7. The SMILES string of the molecule is CCC(=O)Nc1ccc(C)cc1-c1nnc(SCC(=O)Nc2ccc(C)c(Cl)c2)[nH]c1=O. The maximum atomic E-state index is 12.7. The molecule has 0 saturated carbocycles. The molecule has 0 bridgehead atoms. The molecule has 1 aromatic heterocycles. The number of benzene rings is 2. The molecule has 0 aliphatic heterocycles. The lowest BCUT2D eigenvalue weighted by Gasteiger charge is -2.11. The van der Waals surface area contributed by atoms with Gasteiger partial charge in [-0.05, 0) is 43.7 Å². The summed E-state index contributed by atoms with van der Waals surface area (Å²) >= 11 is 7.12. The van der Waals surface area contributed by atoms with Crippen molar-refractivity contribution in [2.24, 2.45) is 0 Å². The Hall–Kier alpha value is -3.17. The minimum Gasteiger partial charge on any atom is -0.325 e. The minimum absolute atomic E-state index is 0.0255. The van der Waals surface area contributed by atoms with Gasteiger partial charge in [0, 0.05) is 22.7 Å². The molecule has 3 rings (SSSR count). The van der Waals surface area contributed by atoms with E-state index >= 15 is 0 Å². The van der Waals surface area contributed by atoms with Gasteiger partial charge < -0.3 is 10.6 Å². The molecule has 3 aromatic rings. The number of carbonyl (C=O) groups excluding carboxylic acids is 2. The van der Waals surface area contributed by atoms with Crippen LogP contribution in [0, 0.1) is 13.8 Å². The van der Waals surface area contributed by atoms with Crippen LogP contribution < -0.4 is 16.2 Å². The second-order valence-corrected chi connectivity index (χ2v) is 8.43. The maximum absolute atomic E-state index is 12.7. The normalized spacial score (nSPS) is 10.6. The minimum atomic E-state index is -0.467. The van der Waals surface area contributed by atoms with Crippen LogP contribution in [0.3, 0.4) is 0 Å². The molecule has 0 aliphatic carbocycles. The maximum Gasteiger partial charge on any atom is 0.278 e. The Balaban J connectivity index is 1.72. The summed E-state index contributed by atoms with van der Waals surface area (Å²) in [6, 6.07) is 10.6. The van der Waals surface area contributed by atoms with Gasteiger partial charge in [0.05, 0.1) is 11.4 Å². The number of carbonyl (C=O) groups is 2. The van der Waals surface area contributed by atoms with Gasteiger partial charge in [-0.3, -0.25) is 19.4 Å². The highest BCUT2D eigenvalue weighted by Gasteiger charge is 2.15. The molecular weight excluding hydrogens is 450 g/mol. The number of thioether (sulfide) groups is 1. The summed E-state index contributed by atoms with van der Waals surface area (Å²) in [6.45, 7) is 5.49. The molecule has 0 saturated heterocycles. The van der Waals surface area contributed by atoms with Crippen molar-refractivity contribution in [3.05, 3.63) is 62.9 Å². The monoisotopic (exact) mass is 471 g/mol. The van der Waals surface area contributed by atoms with Gasteiger partial charge in [-0.2, -0.15) is 0 Å². The van der Waals surface area contributed by atoms with Gasteiger partial charge in [-0.15, -0.1) is 10.2 Å². The topological polar surface area (TPSA) is 117 Å². The lowest BCUT2D eigenvalue weighted by Crippen LogP contribution is -2.18. The summed E-state index contributed by atoms with van der Waals surface area (Å²) in [5.74, 6) is -0.421. The Labute approximate surface area is 194 Å². The van der Waals surface area contributed by atoms with Gasteiger partial charge >= 0.3 is 0 Å². The number of aromatic amines is 1. The van der Waals surface area contributed by atoms with E-state index in [1.165, 1.54) is 0 Å². The average molecular weight is 472 g/mol. The van der Waals surface area contributed by atoms with Crippen LogP contribution in [-0.2, 0) is 9.59 Å². The third-order valence-electron chi connectivity index (χ3n) is 4.50. The fourth-order valence-corrected chi connectivity index (χ4v) is 3.55. The van der Waals surface area contributed by atoms with E-state index in [9.17, 15) is 14.4 Å². The van der Waals surface area contributed by atoms with Crippen molar-refractivity contribution in [1.82, 2.24) is 15.2 Å². The first-order valence-electron chi connectivity index (χ1n) is 9.83. The number of nitrogens with zero attached hydrogens (tertiary/aromatic N) is 2. The van der Waals surface area contributed by atoms with E-state index in [1.54, 1.807) is 31.2 Å². The summed E-state index contributed by atoms with van der Waals surface area (Å²) < 4.78 is 0. The lowest BCUT2D eigenvalue weighted by molar-refractivity contribution is -0.116. The van der Waals surface area contributed by atoms with Crippen LogP contribution in [0.2, 0.25) is 5.02 Å². The van der Waals surface area contributed by atoms with Crippen molar-refractivity contribution in [1.29, 1.82) is 0 Å². The Kier molecular flexibility index (Phi) is 7.66. The van der Waals surface area contributed by atoms with Crippen LogP contribution in [0.5, 0.6) is 0 Å². The zero-order chi connectivity index (χ0) is 23.3. The van der Waals surface area contributed by atoms with E-state index in [0.717, 1.165) is 22.9 Å². The standard InChI is InChI=1S/C22H22ClN5O3S/c1-4-18(29)25-17-8-5-12(2)9-15(17)20-21(31)26-22(28-27-20)32-11-19(30)24-14-7-6-13(3)16(23)10-14/h5-10H,4,11H2,1-3H3,(H,24,30)(H,25,29)(H,26,28,31). The summed E-state index contributed by atoms with van der Waals surface area (Å²) in [4.78, 5) is 39.3. The van der Waals surface area contributed by atoms with Crippen LogP contribution in [0.4, 0.5) is 11.4 Å². The number of hydrogen-bond acceptors (Lipinski definition) is 6. The van der Waals surface area contributed by atoms with Gasteiger partial charge in [-0.25, -0.2) is 0 Å². The summed E-state index contributed by atoms with van der Waals surface area (Å²) in [7, 11) is 0. The highest BCUT2D eigenvalue weighted by molar-refractivity contribution is 7.99. The van der Waals surface area contributed by atoms with Crippen molar-refractivity contribution >= 4 is 46.6 Å². The predicted molar refractivity (Wildman–Crippen MR) is 127 cm³/mol. The molecule has 3 N–H and O–H groups in total. The number of anilines is 2. The average Bonchev–Trinajstić information content (AvgIpc) is 2.76. The third kappa shape index (κ3) is 5.95. The largest absolute Gasteiger partial charge is 0.325 e. The molecule has 32 heavy (non-hydrogen) atoms. The Bertz CT molecular complexity index is 1230. The van der Waals surface area contributed by atoms with Gasteiger partial charge in [0.25, 0.3) is 5.56 Å². The number of aryl methyl sites for hydroxylation is 2. The van der Waals surface area contributed by atoms with Crippen molar-refractivity contribution in [3.8, 4) is 11.3 Å². The number of aromatic nitrogens is 3. The molecule has 0 fully saturated rings. The third-order valence-corrected chi connectivity index (χ3v) is 5.77. The molecule has 166 valence electrons. The zero-order valence-corrected chi connectivity index (χ0v) is 19.4. The summed E-state index contributed by atoms with van der Waals surface area (Å²) in [5, 5.41) is 14.4. The van der Waals surface area contributed by atoms with Crippen molar-refractivity contribution in [2.45, 2.75) is 32.3 Å². The van der Waals surface area contributed by atoms with E-state index < -0.39 is 5.56 Å². The van der Waals surface area contributed by atoms with Crippen molar-refractivity contribution < 1.29 is 9.59 Å². The predicted octanol–water partition coefficient (Wildman–Crippen LogP) is 4.18. The van der Waals surface area contributed by atoms with E-state index in [1.807, 2.05) is 26.0 Å². The summed E-state index contributed by atoms with van der Waals surface area (Å²) in [5.41, 5.74) is 2.99. The second-order valence-electron chi connectivity index (χ2n) is 7.06. The van der Waals surface area contributed by atoms with Gasteiger partial charge in [0.1, 0.15) is 0 Å². The number of hydrogen-bond donors (Lipinski definition) is 3. The Morgan fingerprint density at radius 2 is 1.84 bits per heavy atom. The summed E-state index contributed by atoms with van der Waals surface area (Å²) in [6.07, 6.45) is 0.307. The van der Waals surface area contributed by atoms with Gasteiger partial charge in [-0.1, -0.05) is 48.0 Å². The fraction of sp³-hybridized carbons (Fsp3) is 0.227. The molecular formula is C22H22ClN5O3S. The van der Waals surface area contributed by atoms with Crippen LogP contribution in [0.15, 0.2) is 46.3 Å². The molecule has 2 amide bonds. The fourth-order valence-electron chi connectivity index (χ4n) is 2.77. The quantitative estimate of drug-likeness (QED) is 0.445. The smallest absolute Gasteiger partial charge is 0.278 e. The first-order valence-corrected chi connectivity index (χ1v) is 11.2. The van der Waals surface area contributed by atoms with Gasteiger partial charge in [0.15, 0.2) is 10.9 Å². The van der Waals surface area contributed by atoms with Crippen LogP contribution in [0.25, 0.3) is 11.3 Å². The molecule has 2 aromatic carbocycles. The van der Waals surface area contributed by atoms with Crippen LogP contribution in [0.1, 0.15) is 24.5 Å². The number of nitrogens with one attached hydrogen (secondary N) is 3. The van der Waals surface area contributed by atoms with Crippen LogP contribution in [-0.4, -0.2) is 32.7 Å². The molecule has 0 unspecified atom stereocenters. The Morgan fingerprint density at radius 1 is 1.06 bits per heavy atom. The zero-order valence-electron chi connectivity index (χ0n) is 17.8. The highest BCUT2D eigenvalue weighted by atomic mass is 35.5. The van der Waals surface area contributed by atoms with E-state index in [-0.39, 0.29) is 28.4 Å². The van der Waals surface area contributed by atoms with Crippen molar-refractivity contribution in [3.63, 3.8) is 0 Å². The molecule has 0 spiro atoms.